The molecule has 2 amide bonds. The fourth-order valence-electron chi connectivity index (χ4n) is 6.69. The number of hydrogen-bond acceptors (Lipinski definition) is 4. The van der Waals surface area contributed by atoms with Crippen molar-refractivity contribution in [3.8, 4) is 0 Å². The molecule has 3 heterocycles. The summed E-state index contributed by atoms with van der Waals surface area (Å²) in [6.45, 7) is 6.41. The summed E-state index contributed by atoms with van der Waals surface area (Å²) < 4.78 is 2.47. The number of carbonyl (C=O) groups is 2. The van der Waals surface area contributed by atoms with Gasteiger partial charge in [-0.1, -0.05) is 49.4 Å². The van der Waals surface area contributed by atoms with Crippen molar-refractivity contribution < 1.29 is 9.59 Å². The van der Waals surface area contributed by atoms with E-state index in [0.29, 0.717) is 24.5 Å². The fourth-order valence-corrected chi connectivity index (χ4v) is 6.69. The number of imidazole rings is 1. The molecule has 0 radical (unpaired) electrons. The molecule has 0 spiro atoms. The number of fused-ring (bicyclic) bond motifs is 3. The van der Waals surface area contributed by atoms with E-state index in [1.165, 1.54) is 30.3 Å². The number of piperidine rings is 1. The van der Waals surface area contributed by atoms with E-state index in [1.54, 1.807) is 12.1 Å². The molecule has 7 heteroatoms. The summed E-state index contributed by atoms with van der Waals surface area (Å²) in [7, 11) is 1.71. The van der Waals surface area contributed by atoms with Crippen LogP contribution in [-0.4, -0.2) is 62.0 Å². The first-order chi connectivity index (χ1) is 17.9. The minimum absolute atomic E-state index is 0.0318. The molecule has 3 atom stereocenters. The average Bonchev–Trinajstić information content (AvgIpc) is 3.36. The number of nitrogens with zero attached hydrogens (tertiary/aromatic N) is 5. The van der Waals surface area contributed by atoms with Crippen LogP contribution in [0.3, 0.4) is 0 Å². The zero-order valence-corrected chi connectivity index (χ0v) is 22.5. The third-order valence-electron chi connectivity index (χ3n) is 8.47. The Morgan fingerprint density at radius 2 is 1.65 bits per heavy atom. The number of aromatic nitrogens is 2. The first kappa shape index (κ1) is 25.5. The van der Waals surface area contributed by atoms with Gasteiger partial charge in [0.05, 0.1) is 17.1 Å². The number of benzene rings is 2. The molecule has 0 saturated carbocycles. The number of amides is 2. The molecule has 37 heavy (non-hydrogen) atoms. The second-order valence-electron chi connectivity index (χ2n) is 10.6. The van der Waals surface area contributed by atoms with Crippen molar-refractivity contribution in [3.05, 3.63) is 66.0 Å². The highest BCUT2D eigenvalue weighted by molar-refractivity contribution is 5.81. The van der Waals surface area contributed by atoms with Crippen molar-refractivity contribution in [1.82, 2.24) is 24.5 Å². The zero-order chi connectivity index (χ0) is 26.1. The molecule has 2 aliphatic rings. The van der Waals surface area contributed by atoms with Gasteiger partial charge in [0, 0.05) is 45.1 Å². The second kappa shape index (κ2) is 10.7. The number of rotatable bonds is 7. The van der Waals surface area contributed by atoms with E-state index in [2.05, 4.69) is 52.8 Å². The summed E-state index contributed by atoms with van der Waals surface area (Å²) in [4.78, 5) is 32.9. The molecule has 0 N–H and O–H groups in total. The summed E-state index contributed by atoms with van der Waals surface area (Å²) >= 11 is 0. The Hall–Kier alpha value is -3.19. The topological polar surface area (TPSA) is 61.7 Å². The number of hydrazine groups is 1. The van der Waals surface area contributed by atoms with Gasteiger partial charge >= 0.3 is 0 Å². The Balaban J connectivity index is 1.36. The molecule has 0 aliphatic carbocycles. The standard InChI is InChI=1S/C30H39N5O2/c1-5-30(37)35(32(4)22(3)36)28(23-11-7-6-8-12-23)17-18-33-24-15-16-25(33)20-26(19-24)34-21(2)31-27-13-9-10-14-29(27)34/h6-14,24-26,28H,5,15-20H2,1-4H3/t24?,25?,26?,28-/m0/s1. The first-order valence-corrected chi connectivity index (χ1v) is 13.7. The van der Waals surface area contributed by atoms with Crippen LogP contribution < -0.4 is 0 Å². The average molecular weight is 502 g/mol. The van der Waals surface area contributed by atoms with Crippen LogP contribution in [0.5, 0.6) is 0 Å². The molecule has 196 valence electrons. The second-order valence-corrected chi connectivity index (χ2v) is 10.6. The third-order valence-corrected chi connectivity index (χ3v) is 8.47. The maximum atomic E-state index is 13.1. The molecule has 2 bridgehead atoms. The van der Waals surface area contributed by atoms with Gasteiger partial charge < -0.3 is 4.57 Å². The normalized spacial score (nSPS) is 22.2. The van der Waals surface area contributed by atoms with Gasteiger partial charge in [0.1, 0.15) is 5.82 Å². The van der Waals surface area contributed by atoms with Gasteiger partial charge in [0.25, 0.3) is 0 Å². The highest BCUT2D eigenvalue weighted by Gasteiger charge is 2.42. The number of para-hydroxylation sites is 2. The molecule has 2 fully saturated rings. The van der Waals surface area contributed by atoms with Crippen LogP contribution >= 0.6 is 0 Å². The Labute approximate surface area is 220 Å². The number of carbonyl (C=O) groups excluding carboxylic acids is 2. The van der Waals surface area contributed by atoms with Crippen molar-refractivity contribution >= 4 is 22.8 Å². The summed E-state index contributed by atoms with van der Waals surface area (Å²) in [5, 5.41) is 3.19. The Bertz CT molecular complexity index is 1240. The third kappa shape index (κ3) is 4.89. The van der Waals surface area contributed by atoms with E-state index in [-0.39, 0.29) is 17.9 Å². The van der Waals surface area contributed by atoms with Gasteiger partial charge in [0.15, 0.2) is 0 Å². The quantitative estimate of drug-likeness (QED) is 0.414. The highest BCUT2D eigenvalue weighted by atomic mass is 16.2. The van der Waals surface area contributed by atoms with Crippen LogP contribution in [-0.2, 0) is 9.59 Å². The summed E-state index contributed by atoms with van der Waals surface area (Å²) in [5.41, 5.74) is 3.39. The minimum atomic E-state index is -0.181. The van der Waals surface area contributed by atoms with E-state index in [4.69, 9.17) is 4.98 Å². The smallest absolute Gasteiger partial charge is 0.241 e. The Morgan fingerprint density at radius 1 is 1.00 bits per heavy atom. The van der Waals surface area contributed by atoms with Gasteiger partial charge in [-0.25, -0.2) is 9.99 Å². The monoisotopic (exact) mass is 501 g/mol. The lowest BCUT2D eigenvalue weighted by molar-refractivity contribution is -0.165. The van der Waals surface area contributed by atoms with Crippen LogP contribution in [0.1, 0.15) is 75.8 Å². The van der Waals surface area contributed by atoms with Gasteiger partial charge in [-0.15, -0.1) is 0 Å². The van der Waals surface area contributed by atoms with Crippen molar-refractivity contribution in [1.29, 1.82) is 0 Å². The van der Waals surface area contributed by atoms with Gasteiger partial charge in [0.2, 0.25) is 11.8 Å². The molecule has 2 unspecified atom stereocenters. The molecule has 5 rings (SSSR count). The van der Waals surface area contributed by atoms with Gasteiger partial charge in [-0.3, -0.25) is 19.5 Å². The summed E-state index contributed by atoms with van der Waals surface area (Å²) in [6, 6.07) is 20.0. The van der Waals surface area contributed by atoms with Crippen LogP contribution in [0.2, 0.25) is 0 Å². The molecule has 2 aromatic carbocycles. The van der Waals surface area contributed by atoms with E-state index in [1.807, 2.05) is 25.1 Å². The van der Waals surface area contributed by atoms with E-state index in [9.17, 15) is 9.59 Å². The van der Waals surface area contributed by atoms with Crippen LogP contribution in [0.15, 0.2) is 54.6 Å². The van der Waals surface area contributed by atoms with Crippen molar-refractivity contribution in [3.63, 3.8) is 0 Å². The van der Waals surface area contributed by atoms with E-state index >= 15 is 0 Å². The Morgan fingerprint density at radius 3 is 2.30 bits per heavy atom. The summed E-state index contributed by atoms with van der Waals surface area (Å²) in [6.07, 6.45) is 5.83. The lowest BCUT2D eigenvalue weighted by Gasteiger charge is -2.42. The molecule has 2 aliphatic heterocycles. The molecular formula is C30H39N5O2. The van der Waals surface area contributed by atoms with Crippen molar-refractivity contribution in [2.45, 2.75) is 83.5 Å². The van der Waals surface area contributed by atoms with E-state index < -0.39 is 0 Å². The SMILES string of the molecule is CCC(=O)N([C@@H](CCN1C2CCC1CC(n1c(C)nc3ccccc31)C2)c1ccccc1)N(C)C(C)=O. The minimum Gasteiger partial charge on any atom is -0.325 e. The molecule has 1 aromatic heterocycles. The number of hydrogen-bond donors (Lipinski definition) is 0. The van der Waals surface area contributed by atoms with Crippen molar-refractivity contribution in [2.24, 2.45) is 0 Å². The van der Waals surface area contributed by atoms with Crippen LogP contribution in [0.4, 0.5) is 0 Å². The zero-order valence-electron chi connectivity index (χ0n) is 22.5. The number of aryl methyl sites for hydroxylation is 1. The van der Waals surface area contributed by atoms with Crippen molar-refractivity contribution in [2.75, 3.05) is 13.6 Å². The van der Waals surface area contributed by atoms with Gasteiger partial charge in [-0.05, 0) is 56.7 Å². The lowest BCUT2D eigenvalue weighted by atomic mass is 9.95. The molecule has 7 nitrogen and oxygen atoms in total. The maximum Gasteiger partial charge on any atom is 0.241 e. The lowest BCUT2D eigenvalue weighted by Crippen LogP contribution is -2.50. The molecule has 2 saturated heterocycles. The molecule has 3 aromatic rings. The van der Waals surface area contributed by atoms with E-state index in [0.717, 1.165) is 42.7 Å². The van der Waals surface area contributed by atoms with Crippen LogP contribution in [0, 0.1) is 6.92 Å². The fraction of sp³-hybridized carbons (Fsp3) is 0.500. The predicted molar refractivity (Wildman–Crippen MR) is 146 cm³/mol. The molecular weight excluding hydrogens is 462 g/mol. The first-order valence-electron chi connectivity index (χ1n) is 13.7. The highest BCUT2D eigenvalue weighted by Crippen LogP contribution is 2.43. The largest absolute Gasteiger partial charge is 0.325 e. The van der Waals surface area contributed by atoms with Crippen LogP contribution in [0.25, 0.3) is 11.0 Å². The predicted octanol–water partition coefficient (Wildman–Crippen LogP) is 5.28. The Kier molecular flexibility index (Phi) is 7.33. The maximum absolute atomic E-state index is 13.1. The summed E-state index contributed by atoms with van der Waals surface area (Å²) in [5.74, 6) is 0.936. The van der Waals surface area contributed by atoms with Gasteiger partial charge in [-0.2, -0.15) is 0 Å².